The highest BCUT2D eigenvalue weighted by Crippen LogP contribution is 2.33. The van der Waals surface area contributed by atoms with E-state index in [0.717, 1.165) is 18.8 Å². The summed E-state index contributed by atoms with van der Waals surface area (Å²) in [5.41, 5.74) is 2.79. The summed E-state index contributed by atoms with van der Waals surface area (Å²) in [6.07, 6.45) is 4.65. The van der Waals surface area contributed by atoms with Crippen molar-refractivity contribution in [3.8, 4) is 0 Å². The van der Waals surface area contributed by atoms with Gasteiger partial charge in [0.15, 0.2) is 0 Å². The van der Waals surface area contributed by atoms with Gasteiger partial charge in [-0.1, -0.05) is 0 Å². The van der Waals surface area contributed by atoms with Crippen LogP contribution in [0.25, 0.3) is 0 Å². The Balaban J connectivity index is 1.69. The van der Waals surface area contributed by atoms with Crippen LogP contribution in [0.3, 0.4) is 0 Å². The fourth-order valence-electron chi connectivity index (χ4n) is 2.65. The van der Waals surface area contributed by atoms with Gasteiger partial charge in [-0.25, -0.2) is 0 Å². The summed E-state index contributed by atoms with van der Waals surface area (Å²) in [5, 5.41) is 3.62. The molecule has 0 saturated carbocycles. The summed E-state index contributed by atoms with van der Waals surface area (Å²) in [7, 11) is 0. The van der Waals surface area contributed by atoms with E-state index in [1.54, 1.807) is 0 Å². The van der Waals surface area contributed by atoms with Crippen LogP contribution in [0.5, 0.6) is 0 Å². The summed E-state index contributed by atoms with van der Waals surface area (Å²) in [5.74, 6) is 0. The molecule has 0 aromatic carbocycles. The molecule has 3 heterocycles. The number of anilines is 1. The van der Waals surface area contributed by atoms with Gasteiger partial charge in [0.2, 0.25) is 0 Å². The lowest BCUT2D eigenvalue weighted by Gasteiger charge is -2.49. The van der Waals surface area contributed by atoms with Crippen LogP contribution in [-0.4, -0.2) is 30.2 Å². The number of nitrogens with zero attached hydrogens (tertiary/aromatic N) is 2. The minimum atomic E-state index is 0.435. The van der Waals surface area contributed by atoms with Gasteiger partial charge in [0.05, 0.1) is 17.4 Å². The highest BCUT2D eigenvalue weighted by Gasteiger charge is 2.44. The maximum atomic E-state index is 4.34. The molecule has 0 amide bonds. The van der Waals surface area contributed by atoms with Gasteiger partial charge in [-0.2, -0.15) is 0 Å². The second-order valence-corrected chi connectivity index (χ2v) is 4.82. The van der Waals surface area contributed by atoms with Crippen LogP contribution in [-0.2, 0) is 0 Å². The number of aryl methyl sites for hydroxylation is 1. The molecule has 2 saturated heterocycles. The molecule has 2 aliphatic rings. The minimum Gasteiger partial charge on any atom is -0.366 e. The van der Waals surface area contributed by atoms with Crippen LogP contribution < -0.4 is 10.2 Å². The molecule has 80 valence electrons. The first-order valence-corrected chi connectivity index (χ1v) is 5.70. The van der Waals surface area contributed by atoms with Crippen LogP contribution in [0.15, 0.2) is 18.3 Å². The molecule has 1 aromatic rings. The lowest BCUT2D eigenvalue weighted by molar-refractivity contribution is 0.294. The Morgan fingerprint density at radius 3 is 2.87 bits per heavy atom. The molecule has 0 radical (unpaired) electrons. The fourth-order valence-corrected chi connectivity index (χ4v) is 2.65. The van der Waals surface area contributed by atoms with E-state index >= 15 is 0 Å². The quantitative estimate of drug-likeness (QED) is 0.746. The second-order valence-electron chi connectivity index (χ2n) is 4.82. The molecule has 2 aliphatic heterocycles. The smallest absolute Gasteiger partial charge is 0.0554 e. The molecule has 3 nitrogen and oxygen atoms in total. The number of hydrogen-bond donors (Lipinski definition) is 1. The average molecular weight is 203 g/mol. The topological polar surface area (TPSA) is 28.2 Å². The summed E-state index contributed by atoms with van der Waals surface area (Å²) in [6.45, 7) is 5.52. The van der Waals surface area contributed by atoms with Crippen LogP contribution in [0.1, 0.15) is 18.5 Å². The van der Waals surface area contributed by atoms with Crippen molar-refractivity contribution in [3.63, 3.8) is 0 Å². The lowest BCUT2D eigenvalue weighted by atomic mass is 9.88. The van der Waals surface area contributed by atoms with Gasteiger partial charge in [-0.3, -0.25) is 4.98 Å². The van der Waals surface area contributed by atoms with Crippen molar-refractivity contribution in [2.45, 2.75) is 25.3 Å². The lowest BCUT2D eigenvalue weighted by Crippen LogP contribution is -2.67. The van der Waals surface area contributed by atoms with Gasteiger partial charge < -0.3 is 10.2 Å². The van der Waals surface area contributed by atoms with Crippen molar-refractivity contribution in [2.75, 3.05) is 24.5 Å². The molecular weight excluding hydrogens is 186 g/mol. The Morgan fingerprint density at radius 2 is 2.27 bits per heavy atom. The molecule has 1 aromatic heterocycles. The van der Waals surface area contributed by atoms with Crippen molar-refractivity contribution in [2.24, 2.45) is 0 Å². The molecule has 3 heteroatoms. The highest BCUT2D eigenvalue weighted by atomic mass is 15.3. The standard InChI is InChI=1S/C12H17N3/c1-10-3-4-11(7-13-10)15-8-12(9-15)5-2-6-14-12/h3-4,7,14H,2,5-6,8-9H2,1H3. The van der Waals surface area contributed by atoms with E-state index < -0.39 is 0 Å². The summed E-state index contributed by atoms with van der Waals surface area (Å²) in [4.78, 5) is 6.74. The van der Waals surface area contributed by atoms with E-state index in [9.17, 15) is 0 Å². The largest absolute Gasteiger partial charge is 0.366 e. The molecule has 15 heavy (non-hydrogen) atoms. The number of rotatable bonds is 1. The van der Waals surface area contributed by atoms with Gasteiger partial charge in [-0.05, 0) is 38.4 Å². The zero-order chi connectivity index (χ0) is 10.3. The SMILES string of the molecule is Cc1ccc(N2CC3(CCCN3)C2)cn1. The second kappa shape index (κ2) is 3.20. The molecule has 1 N–H and O–H groups in total. The van der Waals surface area contributed by atoms with Gasteiger partial charge in [0.25, 0.3) is 0 Å². The van der Waals surface area contributed by atoms with Crippen molar-refractivity contribution in [3.05, 3.63) is 24.0 Å². The molecule has 0 atom stereocenters. The van der Waals surface area contributed by atoms with Gasteiger partial charge >= 0.3 is 0 Å². The first kappa shape index (κ1) is 9.16. The maximum Gasteiger partial charge on any atom is 0.0554 e. The number of nitrogens with one attached hydrogen (secondary N) is 1. The van der Waals surface area contributed by atoms with Crippen LogP contribution in [0, 0.1) is 6.92 Å². The minimum absolute atomic E-state index is 0.435. The molecule has 0 unspecified atom stereocenters. The molecular formula is C12H17N3. The average Bonchev–Trinajstić information content (AvgIpc) is 2.66. The summed E-state index contributed by atoms with van der Waals surface area (Å²) in [6, 6.07) is 4.26. The number of pyridine rings is 1. The van der Waals surface area contributed by atoms with E-state index in [-0.39, 0.29) is 0 Å². The third-order valence-electron chi connectivity index (χ3n) is 3.58. The van der Waals surface area contributed by atoms with Crippen molar-refractivity contribution < 1.29 is 0 Å². The zero-order valence-corrected chi connectivity index (χ0v) is 9.16. The molecule has 3 rings (SSSR count). The Labute approximate surface area is 90.5 Å². The zero-order valence-electron chi connectivity index (χ0n) is 9.16. The Kier molecular flexibility index (Phi) is 1.96. The monoisotopic (exact) mass is 203 g/mol. The molecule has 1 spiro atoms. The number of hydrogen-bond acceptors (Lipinski definition) is 3. The molecule has 0 bridgehead atoms. The predicted molar refractivity (Wildman–Crippen MR) is 61.2 cm³/mol. The van der Waals surface area contributed by atoms with E-state index in [0.29, 0.717) is 5.54 Å². The molecule has 0 aliphatic carbocycles. The molecule has 2 fully saturated rings. The van der Waals surface area contributed by atoms with Crippen molar-refractivity contribution >= 4 is 5.69 Å². The summed E-state index contributed by atoms with van der Waals surface area (Å²) < 4.78 is 0. The third kappa shape index (κ3) is 1.51. The first-order chi connectivity index (χ1) is 7.27. The van der Waals surface area contributed by atoms with E-state index in [4.69, 9.17) is 0 Å². The van der Waals surface area contributed by atoms with Gasteiger partial charge in [0, 0.05) is 18.8 Å². The van der Waals surface area contributed by atoms with Crippen molar-refractivity contribution in [1.29, 1.82) is 0 Å². The van der Waals surface area contributed by atoms with Crippen LogP contribution >= 0.6 is 0 Å². The van der Waals surface area contributed by atoms with Crippen LogP contribution in [0.2, 0.25) is 0 Å². The van der Waals surface area contributed by atoms with Crippen LogP contribution in [0.4, 0.5) is 5.69 Å². The van der Waals surface area contributed by atoms with Gasteiger partial charge in [0.1, 0.15) is 0 Å². The third-order valence-corrected chi connectivity index (χ3v) is 3.58. The Hall–Kier alpha value is -1.09. The fraction of sp³-hybridized carbons (Fsp3) is 0.583. The first-order valence-electron chi connectivity index (χ1n) is 5.70. The normalized spacial score (nSPS) is 23.1. The predicted octanol–water partition coefficient (Wildman–Crippen LogP) is 1.33. The van der Waals surface area contributed by atoms with Gasteiger partial charge in [-0.15, -0.1) is 0 Å². The Bertz CT molecular complexity index is 344. The van der Waals surface area contributed by atoms with E-state index in [2.05, 4.69) is 27.3 Å². The van der Waals surface area contributed by atoms with Crippen molar-refractivity contribution in [1.82, 2.24) is 10.3 Å². The van der Waals surface area contributed by atoms with E-state index in [1.807, 2.05) is 13.1 Å². The maximum absolute atomic E-state index is 4.34. The summed E-state index contributed by atoms with van der Waals surface area (Å²) >= 11 is 0. The van der Waals surface area contributed by atoms with E-state index in [1.165, 1.54) is 25.1 Å². The number of aromatic nitrogens is 1. The Morgan fingerprint density at radius 1 is 1.40 bits per heavy atom. The highest BCUT2D eigenvalue weighted by molar-refractivity contribution is 5.49.